The van der Waals surface area contributed by atoms with Crippen LogP contribution in [0.5, 0.6) is 0 Å². The first kappa shape index (κ1) is 24.1. The Balaban J connectivity index is 2.17. The molecule has 0 spiro atoms. The van der Waals surface area contributed by atoms with E-state index >= 15 is 0 Å². The van der Waals surface area contributed by atoms with Gasteiger partial charge in [-0.2, -0.15) is 0 Å². The van der Waals surface area contributed by atoms with Crippen LogP contribution in [0.15, 0.2) is 35.5 Å². The molecule has 1 unspecified atom stereocenters. The van der Waals surface area contributed by atoms with E-state index in [2.05, 4.69) is 16.0 Å². The fourth-order valence-corrected chi connectivity index (χ4v) is 3.57. The molecule has 1 heterocycles. The molecule has 3 N–H and O–H groups in total. The van der Waals surface area contributed by atoms with Gasteiger partial charge in [-0.25, -0.2) is 9.59 Å². The number of benzene rings is 1. The number of nitrogens with zero attached hydrogens (tertiary/aromatic N) is 1. The summed E-state index contributed by atoms with van der Waals surface area (Å²) in [6.07, 6.45) is 0. The molecule has 9 nitrogen and oxygen atoms in total. The van der Waals surface area contributed by atoms with E-state index in [4.69, 9.17) is 21.7 Å². The second-order valence-corrected chi connectivity index (χ2v) is 6.97. The van der Waals surface area contributed by atoms with E-state index < -0.39 is 24.0 Å². The van der Waals surface area contributed by atoms with Crippen LogP contribution in [0.4, 0.5) is 10.5 Å². The van der Waals surface area contributed by atoms with Crippen molar-refractivity contribution in [1.29, 1.82) is 0 Å². The van der Waals surface area contributed by atoms with E-state index in [-0.39, 0.29) is 19.8 Å². The normalized spacial score (nSPS) is 15.8. The largest absolute Gasteiger partial charge is 0.465 e. The number of amides is 2. The molecule has 10 heteroatoms. The monoisotopic (exact) mass is 448 g/mol. The molecule has 0 bridgehead atoms. The summed E-state index contributed by atoms with van der Waals surface area (Å²) in [5, 5.41) is 8.80. The van der Waals surface area contributed by atoms with Crippen LogP contribution >= 0.6 is 12.2 Å². The molecule has 0 radical (unpaired) electrons. The number of esters is 2. The van der Waals surface area contributed by atoms with Crippen LogP contribution in [0.2, 0.25) is 0 Å². The minimum atomic E-state index is -0.528. The van der Waals surface area contributed by atoms with E-state index in [9.17, 15) is 14.4 Å². The van der Waals surface area contributed by atoms with Gasteiger partial charge in [-0.1, -0.05) is 12.1 Å². The predicted octanol–water partition coefficient (Wildman–Crippen LogP) is 2.46. The van der Waals surface area contributed by atoms with Gasteiger partial charge in [0.1, 0.15) is 6.54 Å². The van der Waals surface area contributed by atoms with Crippen LogP contribution in [-0.2, 0) is 19.1 Å². The number of allylic oxidation sites excluding steroid dienone is 1. The standard InChI is InChI=1S/C21H28N4O5S/c1-5-25-13(4)17(19(27)30-7-3)18(24-21(25)31)14-8-10-15(11-9-14)23-20(28)22-12-16(26)29-6-2/h8-11,18H,5-7,12H2,1-4H3,(H,24,31)(H2,22,23,28). The van der Waals surface area contributed by atoms with Gasteiger partial charge in [0.25, 0.3) is 0 Å². The highest BCUT2D eigenvalue weighted by Crippen LogP contribution is 2.31. The van der Waals surface area contributed by atoms with Crippen LogP contribution in [0.3, 0.4) is 0 Å². The maximum absolute atomic E-state index is 12.7. The lowest BCUT2D eigenvalue weighted by molar-refractivity contribution is -0.142. The van der Waals surface area contributed by atoms with Gasteiger partial charge in [-0.3, -0.25) is 4.79 Å². The Morgan fingerprint density at radius 3 is 2.32 bits per heavy atom. The van der Waals surface area contributed by atoms with Gasteiger partial charge in [0.05, 0.1) is 24.8 Å². The number of rotatable bonds is 8. The second kappa shape index (κ2) is 11.3. The molecule has 0 saturated carbocycles. The molecular formula is C21H28N4O5S. The molecule has 2 rings (SSSR count). The summed E-state index contributed by atoms with van der Waals surface area (Å²) in [4.78, 5) is 37.8. The van der Waals surface area contributed by atoms with Gasteiger partial charge >= 0.3 is 18.0 Å². The Bertz CT molecular complexity index is 869. The summed E-state index contributed by atoms with van der Waals surface area (Å²) >= 11 is 5.46. The van der Waals surface area contributed by atoms with Crippen LogP contribution in [0.25, 0.3) is 0 Å². The highest BCUT2D eigenvalue weighted by Gasteiger charge is 2.34. The van der Waals surface area contributed by atoms with Crippen molar-refractivity contribution >= 4 is 41.0 Å². The summed E-state index contributed by atoms with van der Waals surface area (Å²) < 4.78 is 10.0. The number of hydrogen-bond acceptors (Lipinski definition) is 6. The number of ether oxygens (including phenoxy) is 2. The van der Waals surface area contributed by atoms with Crippen molar-refractivity contribution in [1.82, 2.24) is 15.5 Å². The van der Waals surface area contributed by atoms with Crippen molar-refractivity contribution in [2.75, 3.05) is 31.6 Å². The SMILES string of the molecule is CCOC(=O)CNC(=O)Nc1ccc(C2NC(=S)N(CC)C(C)=C2C(=O)OCC)cc1. The molecule has 168 valence electrons. The van der Waals surface area contributed by atoms with Gasteiger partial charge in [0.2, 0.25) is 0 Å². The van der Waals surface area contributed by atoms with Gasteiger partial charge < -0.3 is 30.3 Å². The quantitative estimate of drug-likeness (QED) is 0.411. The fourth-order valence-electron chi connectivity index (χ4n) is 3.18. The molecule has 0 saturated heterocycles. The number of thiocarbonyl (C=S) groups is 1. The third-order valence-corrected chi connectivity index (χ3v) is 4.95. The first-order valence-corrected chi connectivity index (χ1v) is 10.5. The van der Waals surface area contributed by atoms with Gasteiger partial charge in [-0.05, 0) is 57.6 Å². The molecule has 1 atom stereocenters. The van der Waals surface area contributed by atoms with Crippen LogP contribution in [0.1, 0.15) is 39.3 Å². The van der Waals surface area contributed by atoms with E-state index in [0.29, 0.717) is 22.9 Å². The van der Waals surface area contributed by atoms with Crippen LogP contribution < -0.4 is 16.0 Å². The lowest BCUT2D eigenvalue weighted by Gasteiger charge is -2.37. The average molecular weight is 449 g/mol. The maximum atomic E-state index is 12.7. The second-order valence-electron chi connectivity index (χ2n) is 6.58. The van der Waals surface area contributed by atoms with Crippen LogP contribution in [0, 0.1) is 0 Å². The summed E-state index contributed by atoms with van der Waals surface area (Å²) in [6.45, 7) is 8.17. The highest BCUT2D eigenvalue weighted by atomic mass is 32.1. The van der Waals surface area contributed by atoms with Gasteiger partial charge in [0, 0.05) is 17.9 Å². The molecular weight excluding hydrogens is 420 g/mol. The summed E-state index contributed by atoms with van der Waals surface area (Å²) in [5.41, 5.74) is 2.55. The van der Waals surface area contributed by atoms with Gasteiger partial charge in [0.15, 0.2) is 5.11 Å². The first-order chi connectivity index (χ1) is 14.8. The lowest BCUT2D eigenvalue weighted by atomic mass is 9.95. The molecule has 1 aliphatic rings. The highest BCUT2D eigenvalue weighted by molar-refractivity contribution is 7.80. The number of hydrogen-bond donors (Lipinski definition) is 3. The van der Waals surface area contributed by atoms with Crippen molar-refractivity contribution in [3.8, 4) is 0 Å². The molecule has 1 aliphatic heterocycles. The Hall–Kier alpha value is -3.14. The minimum absolute atomic E-state index is 0.220. The lowest BCUT2D eigenvalue weighted by Crippen LogP contribution is -2.47. The topological polar surface area (TPSA) is 109 Å². The first-order valence-electron chi connectivity index (χ1n) is 10.1. The Morgan fingerprint density at radius 2 is 1.74 bits per heavy atom. The van der Waals surface area contributed by atoms with E-state index in [1.165, 1.54) is 0 Å². The zero-order valence-corrected chi connectivity index (χ0v) is 18.9. The Morgan fingerprint density at radius 1 is 1.10 bits per heavy atom. The number of carbonyl (C=O) groups excluding carboxylic acids is 3. The zero-order valence-electron chi connectivity index (χ0n) is 18.1. The molecule has 2 amide bonds. The van der Waals surface area contributed by atoms with Crippen molar-refractivity contribution in [2.24, 2.45) is 0 Å². The van der Waals surface area contributed by atoms with Crippen molar-refractivity contribution in [3.63, 3.8) is 0 Å². The fraction of sp³-hybridized carbons (Fsp3) is 0.429. The third kappa shape index (κ3) is 6.17. The molecule has 31 heavy (non-hydrogen) atoms. The number of carbonyl (C=O) groups is 3. The molecule has 0 aliphatic carbocycles. The maximum Gasteiger partial charge on any atom is 0.338 e. The van der Waals surface area contributed by atoms with Crippen molar-refractivity contribution in [2.45, 2.75) is 33.7 Å². The number of anilines is 1. The Kier molecular flexibility index (Phi) is 8.80. The third-order valence-electron chi connectivity index (χ3n) is 4.61. The zero-order chi connectivity index (χ0) is 23.0. The van der Waals surface area contributed by atoms with Crippen LogP contribution in [-0.4, -0.2) is 54.3 Å². The number of nitrogens with one attached hydrogen (secondary N) is 3. The van der Waals surface area contributed by atoms with Gasteiger partial charge in [-0.15, -0.1) is 0 Å². The summed E-state index contributed by atoms with van der Waals surface area (Å²) in [7, 11) is 0. The van der Waals surface area contributed by atoms with E-state index in [1.807, 2.05) is 18.7 Å². The molecule has 1 aromatic carbocycles. The smallest absolute Gasteiger partial charge is 0.338 e. The predicted molar refractivity (Wildman–Crippen MR) is 120 cm³/mol. The van der Waals surface area contributed by atoms with E-state index in [1.54, 1.807) is 38.1 Å². The molecule has 1 aromatic rings. The van der Waals surface area contributed by atoms with Crippen molar-refractivity contribution < 1.29 is 23.9 Å². The molecule has 0 aromatic heterocycles. The summed E-state index contributed by atoms with van der Waals surface area (Å²) in [5.74, 6) is -0.916. The Labute approximate surface area is 187 Å². The van der Waals surface area contributed by atoms with E-state index in [0.717, 1.165) is 11.3 Å². The van der Waals surface area contributed by atoms with Crippen molar-refractivity contribution in [3.05, 3.63) is 41.1 Å². The summed E-state index contributed by atoms with van der Waals surface area (Å²) in [6, 6.07) is 5.98. The molecule has 0 fully saturated rings. The average Bonchev–Trinajstić information content (AvgIpc) is 2.73. The number of urea groups is 1. The minimum Gasteiger partial charge on any atom is -0.465 e.